The lowest BCUT2D eigenvalue weighted by molar-refractivity contribution is -0.384. The predicted molar refractivity (Wildman–Crippen MR) is 119 cm³/mol. The first-order chi connectivity index (χ1) is 14.7. The Morgan fingerprint density at radius 2 is 1.74 bits per heavy atom. The van der Waals surface area contributed by atoms with Gasteiger partial charge in [0.05, 0.1) is 15.4 Å². The smallest absolute Gasteiger partial charge is 0.270 e. The lowest BCUT2D eigenvalue weighted by Crippen LogP contribution is -2.12. The van der Waals surface area contributed by atoms with Gasteiger partial charge >= 0.3 is 0 Å². The molecule has 2 aromatic carbocycles. The van der Waals surface area contributed by atoms with Crippen molar-refractivity contribution in [3.8, 4) is 6.07 Å². The summed E-state index contributed by atoms with van der Waals surface area (Å²) in [5.74, 6) is -0.994. The molecule has 3 aromatic rings. The normalized spacial score (nSPS) is 10.3. The number of nitro benzene ring substituents is 1. The average molecular weight is 434 g/mol. The molecule has 2 amide bonds. The van der Waals surface area contributed by atoms with Crippen molar-refractivity contribution >= 4 is 39.5 Å². The van der Waals surface area contributed by atoms with E-state index in [9.17, 15) is 25.0 Å². The average Bonchev–Trinajstić information content (AvgIpc) is 3.06. The first kappa shape index (κ1) is 21.7. The first-order valence-electron chi connectivity index (χ1n) is 9.19. The Morgan fingerprint density at radius 3 is 2.42 bits per heavy atom. The molecule has 1 aromatic heterocycles. The minimum absolute atomic E-state index is 0.0746. The summed E-state index contributed by atoms with van der Waals surface area (Å²) in [6.07, 6.45) is 0. The number of carbonyl (C=O) groups is 2. The van der Waals surface area contributed by atoms with Gasteiger partial charge in [0.1, 0.15) is 11.1 Å². The van der Waals surface area contributed by atoms with Crippen molar-refractivity contribution in [2.75, 3.05) is 10.6 Å². The lowest BCUT2D eigenvalue weighted by atomic mass is 10.1. The number of non-ortho nitro benzene ring substituents is 1. The molecular weight excluding hydrogens is 416 g/mol. The molecule has 0 fully saturated rings. The van der Waals surface area contributed by atoms with E-state index in [-0.39, 0.29) is 27.7 Å². The highest BCUT2D eigenvalue weighted by molar-refractivity contribution is 7.18. The Bertz CT molecular complexity index is 1260. The summed E-state index contributed by atoms with van der Waals surface area (Å²) in [5, 5.41) is 26.2. The van der Waals surface area contributed by atoms with E-state index in [2.05, 4.69) is 10.6 Å². The molecule has 0 saturated heterocycles. The van der Waals surface area contributed by atoms with Crippen molar-refractivity contribution in [3.63, 3.8) is 0 Å². The third-order valence-electron chi connectivity index (χ3n) is 4.86. The highest BCUT2D eigenvalue weighted by atomic mass is 32.1. The molecular formula is C22H18N4O4S. The van der Waals surface area contributed by atoms with Crippen LogP contribution in [0, 0.1) is 42.2 Å². The van der Waals surface area contributed by atoms with E-state index < -0.39 is 10.8 Å². The maximum absolute atomic E-state index is 12.9. The summed E-state index contributed by atoms with van der Waals surface area (Å²) >= 11 is 0.981. The van der Waals surface area contributed by atoms with Crippen LogP contribution in [0.3, 0.4) is 0 Å². The fourth-order valence-electron chi connectivity index (χ4n) is 2.95. The molecule has 0 aliphatic heterocycles. The monoisotopic (exact) mass is 434 g/mol. The molecule has 0 radical (unpaired) electrons. The first-order valence-corrected chi connectivity index (χ1v) is 10.0. The zero-order valence-electron chi connectivity index (χ0n) is 17.0. The molecule has 0 unspecified atom stereocenters. The summed E-state index contributed by atoms with van der Waals surface area (Å²) in [7, 11) is 0. The molecule has 2 N–H and O–H groups in total. The van der Waals surface area contributed by atoms with E-state index in [1.165, 1.54) is 18.2 Å². The molecule has 0 aliphatic rings. The molecule has 31 heavy (non-hydrogen) atoms. The number of nitrogens with zero attached hydrogens (tertiary/aromatic N) is 2. The predicted octanol–water partition coefficient (Wildman–Crippen LogP) is 4.96. The van der Waals surface area contributed by atoms with E-state index in [0.29, 0.717) is 16.1 Å². The molecule has 0 bridgehead atoms. The summed E-state index contributed by atoms with van der Waals surface area (Å²) in [5.41, 5.74) is 3.11. The molecule has 9 heteroatoms. The number of anilines is 2. The van der Waals surface area contributed by atoms with Crippen molar-refractivity contribution in [3.05, 3.63) is 85.3 Å². The summed E-state index contributed by atoms with van der Waals surface area (Å²) in [6.45, 7) is 5.48. The second-order valence-corrected chi connectivity index (χ2v) is 7.86. The van der Waals surface area contributed by atoms with Crippen LogP contribution in [0.2, 0.25) is 0 Å². The van der Waals surface area contributed by atoms with E-state index in [1.54, 1.807) is 13.0 Å². The number of carbonyl (C=O) groups excluding carboxylic acids is 2. The number of hydrogen-bond donors (Lipinski definition) is 2. The van der Waals surface area contributed by atoms with Gasteiger partial charge in [-0.2, -0.15) is 5.26 Å². The maximum Gasteiger partial charge on any atom is 0.270 e. The number of amides is 2. The highest BCUT2D eigenvalue weighted by Crippen LogP contribution is 2.34. The third kappa shape index (κ3) is 4.44. The molecule has 0 spiro atoms. The summed E-state index contributed by atoms with van der Waals surface area (Å²) in [4.78, 5) is 36.1. The van der Waals surface area contributed by atoms with Crippen LogP contribution in [-0.4, -0.2) is 16.7 Å². The van der Waals surface area contributed by atoms with Crippen molar-refractivity contribution in [1.29, 1.82) is 5.26 Å². The van der Waals surface area contributed by atoms with Crippen molar-refractivity contribution in [1.82, 2.24) is 0 Å². The van der Waals surface area contributed by atoms with Crippen LogP contribution in [0.1, 0.15) is 42.3 Å². The van der Waals surface area contributed by atoms with Gasteiger partial charge in [-0.1, -0.05) is 18.2 Å². The van der Waals surface area contributed by atoms with Crippen LogP contribution >= 0.6 is 11.3 Å². The van der Waals surface area contributed by atoms with Gasteiger partial charge in [0.2, 0.25) is 0 Å². The molecule has 0 saturated carbocycles. The van der Waals surface area contributed by atoms with E-state index in [0.717, 1.165) is 28.5 Å². The third-order valence-corrected chi connectivity index (χ3v) is 6.07. The van der Waals surface area contributed by atoms with Gasteiger partial charge < -0.3 is 10.6 Å². The van der Waals surface area contributed by atoms with E-state index in [4.69, 9.17) is 0 Å². The SMILES string of the molecule is Cc1cccc(NC(=O)c2sc(NC(=O)c3cccc([N+](=O)[O-])c3)c(C#N)c2C)c1C. The largest absolute Gasteiger partial charge is 0.321 e. The number of nitrogens with one attached hydrogen (secondary N) is 2. The number of aryl methyl sites for hydroxylation is 1. The summed E-state index contributed by atoms with van der Waals surface area (Å²) < 4.78 is 0. The van der Waals surface area contributed by atoms with E-state index in [1.807, 2.05) is 32.0 Å². The number of benzene rings is 2. The van der Waals surface area contributed by atoms with Gasteiger partial charge in [0, 0.05) is 23.4 Å². The molecule has 0 atom stereocenters. The maximum atomic E-state index is 12.9. The zero-order valence-corrected chi connectivity index (χ0v) is 17.8. The number of thiophene rings is 1. The van der Waals surface area contributed by atoms with Crippen LogP contribution in [0.4, 0.5) is 16.4 Å². The lowest BCUT2D eigenvalue weighted by Gasteiger charge is -2.09. The standard InChI is InChI=1S/C22H18N4O4S/c1-12-6-4-9-18(13(12)2)24-21(28)19-14(3)17(11-23)22(31-19)25-20(27)15-7-5-8-16(10-15)26(29)30/h4-10H,1-3H3,(H,24,28)(H,25,27). The number of nitriles is 1. The number of rotatable bonds is 5. The number of nitro groups is 1. The Balaban J connectivity index is 1.89. The van der Waals surface area contributed by atoms with Crippen molar-refractivity contribution in [2.24, 2.45) is 0 Å². The second kappa shape index (κ2) is 8.77. The minimum Gasteiger partial charge on any atom is -0.321 e. The van der Waals surface area contributed by atoms with Crippen LogP contribution in [-0.2, 0) is 0 Å². The highest BCUT2D eigenvalue weighted by Gasteiger charge is 2.23. The Morgan fingerprint density at radius 1 is 1.03 bits per heavy atom. The minimum atomic E-state index is -0.608. The fourth-order valence-corrected chi connectivity index (χ4v) is 4.00. The van der Waals surface area contributed by atoms with Crippen LogP contribution in [0.15, 0.2) is 42.5 Å². The van der Waals surface area contributed by atoms with Crippen molar-refractivity contribution < 1.29 is 14.5 Å². The zero-order chi connectivity index (χ0) is 22.7. The van der Waals surface area contributed by atoms with Gasteiger partial charge in [-0.25, -0.2) is 0 Å². The topological polar surface area (TPSA) is 125 Å². The van der Waals surface area contributed by atoms with Gasteiger partial charge in [0.15, 0.2) is 0 Å². The van der Waals surface area contributed by atoms with Gasteiger partial charge in [-0.05, 0) is 49.6 Å². The van der Waals surface area contributed by atoms with Crippen LogP contribution < -0.4 is 10.6 Å². The molecule has 8 nitrogen and oxygen atoms in total. The number of hydrogen-bond acceptors (Lipinski definition) is 6. The van der Waals surface area contributed by atoms with Gasteiger partial charge in [0.25, 0.3) is 17.5 Å². The van der Waals surface area contributed by atoms with E-state index >= 15 is 0 Å². The molecule has 1 heterocycles. The quantitative estimate of drug-likeness (QED) is 0.434. The van der Waals surface area contributed by atoms with Crippen molar-refractivity contribution in [2.45, 2.75) is 20.8 Å². The Kier molecular flexibility index (Phi) is 6.13. The molecule has 3 rings (SSSR count). The van der Waals surface area contributed by atoms with Crippen LogP contribution in [0.25, 0.3) is 0 Å². The second-order valence-electron chi connectivity index (χ2n) is 6.84. The summed E-state index contributed by atoms with van der Waals surface area (Å²) in [6, 6.07) is 12.9. The fraction of sp³-hybridized carbons (Fsp3) is 0.136. The Hall–Kier alpha value is -4.03. The van der Waals surface area contributed by atoms with Gasteiger partial charge in [-0.15, -0.1) is 11.3 Å². The molecule has 0 aliphatic carbocycles. The van der Waals surface area contributed by atoms with Gasteiger partial charge in [-0.3, -0.25) is 19.7 Å². The molecule has 156 valence electrons. The van der Waals surface area contributed by atoms with Crippen LogP contribution in [0.5, 0.6) is 0 Å². The Labute approximate surface area is 182 Å².